The van der Waals surface area contributed by atoms with Gasteiger partial charge in [0.25, 0.3) is 0 Å². The first-order valence-electron chi connectivity index (χ1n) is 19.2. The maximum atomic E-state index is 2.52. The van der Waals surface area contributed by atoms with E-state index in [0.717, 1.165) is 22.7 Å². The van der Waals surface area contributed by atoms with Crippen LogP contribution in [-0.2, 0) is 5.41 Å². The summed E-state index contributed by atoms with van der Waals surface area (Å²) in [6.07, 6.45) is 0. The number of hydrogen-bond acceptors (Lipinski definition) is 1. The van der Waals surface area contributed by atoms with Gasteiger partial charge in [-0.05, 0) is 110 Å². The van der Waals surface area contributed by atoms with Crippen molar-refractivity contribution in [3.8, 4) is 39.1 Å². The van der Waals surface area contributed by atoms with Gasteiger partial charge < -0.3 is 9.47 Å². The van der Waals surface area contributed by atoms with E-state index in [4.69, 9.17) is 0 Å². The van der Waals surface area contributed by atoms with Crippen molar-refractivity contribution >= 4 is 49.6 Å². The molecule has 1 spiro atoms. The van der Waals surface area contributed by atoms with Gasteiger partial charge in [-0.1, -0.05) is 146 Å². The third kappa shape index (κ3) is 3.60. The fourth-order valence-electron chi connectivity index (χ4n) is 10.7. The first-order chi connectivity index (χ1) is 27.3. The van der Waals surface area contributed by atoms with Crippen molar-refractivity contribution in [1.82, 2.24) is 4.57 Å². The average molecular weight is 697 g/mol. The van der Waals surface area contributed by atoms with Gasteiger partial charge in [0.15, 0.2) is 0 Å². The lowest BCUT2D eigenvalue weighted by molar-refractivity contribution is 0.818. The van der Waals surface area contributed by atoms with Crippen molar-refractivity contribution in [3.63, 3.8) is 0 Å². The molecule has 0 fully saturated rings. The van der Waals surface area contributed by atoms with E-state index >= 15 is 0 Å². The number of fused-ring (bicyclic) bond motifs is 9. The third-order valence-corrected chi connectivity index (χ3v) is 12.7. The van der Waals surface area contributed by atoms with Gasteiger partial charge in [-0.2, -0.15) is 0 Å². The normalized spacial score (nSPS) is 15.3. The zero-order valence-corrected chi connectivity index (χ0v) is 29.9. The Labute approximate surface area is 318 Å². The number of rotatable bonds is 4. The highest BCUT2D eigenvalue weighted by Crippen LogP contribution is 2.70. The van der Waals surface area contributed by atoms with E-state index in [1.54, 1.807) is 0 Å². The molecule has 1 atom stereocenters. The average Bonchev–Trinajstić information content (AvgIpc) is 3.94. The van der Waals surface area contributed by atoms with E-state index in [2.05, 4.69) is 204 Å². The van der Waals surface area contributed by atoms with Gasteiger partial charge >= 0.3 is 0 Å². The van der Waals surface area contributed by atoms with E-state index in [1.165, 1.54) is 88.2 Å². The van der Waals surface area contributed by atoms with Crippen molar-refractivity contribution in [2.45, 2.75) is 5.41 Å². The highest BCUT2D eigenvalue weighted by atomic mass is 15.1. The Morgan fingerprint density at radius 2 is 0.927 bits per heavy atom. The van der Waals surface area contributed by atoms with Crippen LogP contribution in [0.5, 0.6) is 0 Å². The molecule has 0 saturated heterocycles. The Kier molecular flexibility index (Phi) is 5.59. The van der Waals surface area contributed by atoms with Crippen LogP contribution in [0.25, 0.3) is 71.6 Å². The fourth-order valence-corrected chi connectivity index (χ4v) is 10.7. The summed E-state index contributed by atoms with van der Waals surface area (Å²) in [4.78, 5) is 2.50. The van der Waals surface area contributed by atoms with Gasteiger partial charge in [-0.25, -0.2) is 0 Å². The lowest BCUT2D eigenvalue weighted by atomic mass is 9.73. The maximum absolute atomic E-state index is 2.52. The monoisotopic (exact) mass is 696 g/mol. The molecule has 254 valence electrons. The van der Waals surface area contributed by atoms with Crippen molar-refractivity contribution in [2.24, 2.45) is 0 Å². The number of aromatic nitrogens is 1. The molecule has 0 N–H and O–H groups in total. The van der Waals surface area contributed by atoms with Gasteiger partial charge in [0.1, 0.15) is 0 Å². The number of para-hydroxylation sites is 2. The molecule has 1 unspecified atom stereocenters. The Bertz CT molecular complexity index is 3240. The van der Waals surface area contributed by atoms with Gasteiger partial charge in [-0.3, -0.25) is 0 Å². The van der Waals surface area contributed by atoms with Crippen molar-refractivity contribution < 1.29 is 0 Å². The summed E-state index contributed by atoms with van der Waals surface area (Å²) in [7, 11) is 0. The SMILES string of the molecule is c1ccc(-n2c3ccccc3c3ccc(N(c4ccc5c(c4)C46c7ccccc7-c7cccc(c74)-c4cccc-5c46)c4cccc5ccccc45)cc32)cc1. The molecule has 0 amide bonds. The van der Waals surface area contributed by atoms with E-state index in [-0.39, 0.29) is 5.41 Å². The molecular formula is C53H32N2. The van der Waals surface area contributed by atoms with E-state index in [1.807, 2.05) is 0 Å². The van der Waals surface area contributed by atoms with Crippen LogP contribution in [0.1, 0.15) is 22.3 Å². The van der Waals surface area contributed by atoms with Gasteiger partial charge in [0, 0.05) is 33.2 Å². The second-order valence-electron chi connectivity index (χ2n) is 15.2. The highest BCUT2D eigenvalue weighted by Gasteiger charge is 2.57. The Balaban J connectivity index is 1.12. The lowest BCUT2D eigenvalue weighted by Crippen LogP contribution is -2.23. The highest BCUT2D eigenvalue weighted by molar-refractivity contribution is 6.11. The molecule has 1 aromatic heterocycles. The fraction of sp³-hybridized carbons (Fsp3) is 0.0189. The Hall–Kier alpha value is -7.16. The molecule has 0 radical (unpaired) electrons. The van der Waals surface area contributed by atoms with Crippen LogP contribution in [0.4, 0.5) is 17.1 Å². The Morgan fingerprint density at radius 3 is 1.75 bits per heavy atom. The molecule has 13 rings (SSSR count). The van der Waals surface area contributed by atoms with Gasteiger partial charge in [0.05, 0.1) is 22.1 Å². The van der Waals surface area contributed by atoms with Crippen LogP contribution in [0.2, 0.25) is 0 Å². The molecule has 0 saturated carbocycles. The third-order valence-electron chi connectivity index (χ3n) is 12.7. The van der Waals surface area contributed by atoms with Crippen LogP contribution in [-0.4, -0.2) is 4.57 Å². The number of benzene rings is 9. The molecular weight excluding hydrogens is 665 g/mol. The quantitative estimate of drug-likeness (QED) is 0.178. The maximum Gasteiger partial charge on any atom is 0.0738 e. The van der Waals surface area contributed by atoms with Crippen LogP contribution in [0.3, 0.4) is 0 Å². The molecule has 10 aromatic rings. The van der Waals surface area contributed by atoms with Crippen molar-refractivity contribution in [2.75, 3.05) is 4.90 Å². The first kappa shape index (κ1) is 29.3. The first-order valence-corrected chi connectivity index (χ1v) is 19.2. The van der Waals surface area contributed by atoms with Crippen LogP contribution in [0, 0.1) is 0 Å². The second-order valence-corrected chi connectivity index (χ2v) is 15.2. The summed E-state index contributed by atoms with van der Waals surface area (Å²) >= 11 is 0. The molecule has 0 aliphatic heterocycles. The smallest absolute Gasteiger partial charge is 0.0738 e. The summed E-state index contributed by atoms with van der Waals surface area (Å²) in [5.74, 6) is 0. The topological polar surface area (TPSA) is 8.17 Å². The van der Waals surface area contributed by atoms with E-state index in [0.29, 0.717) is 0 Å². The zero-order valence-electron chi connectivity index (χ0n) is 29.9. The number of nitrogens with zero attached hydrogens (tertiary/aromatic N) is 2. The molecule has 0 bridgehead atoms. The van der Waals surface area contributed by atoms with Crippen molar-refractivity contribution in [1.29, 1.82) is 0 Å². The predicted molar refractivity (Wildman–Crippen MR) is 228 cm³/mol. The molecule has 2 nitrogen and oxygen atoms in total. The molecule has 1 heterocycles. The van der Waals surface area contributed by atoms with Crippen LogP contribution < -0.4 is 4.90 Å². The number of anilines is 3. The lowest BCUT2D eigenvalue weighted by Gasteiger charge is -2.31. The van der Waals surface area contributed by atoms with E-state index < -0.39 is 0 Å². The minimum atomic E-state index is -0.353. The number of hydrogen-bond donors (Lipinski definition) is 0. The zero-order chi connectivity index (χ0) is 35.8. The standard InChI is InChI=1S/C53H32N2/c1-2-15-34(16-3-1)55-49-25-9-7-19-40(49)41-30-28-36(32-50(41)55)54(48-26-10-14-33-13-4-5-17-37(33)48)35-27-29-39-43-21-12-23-45-44-22-11-20-42-38-18-6-8-24-46(38)53(51(42)44,52(43)45)47(39)31-35/h1-32H. The molecule has 3 aliphatic rings. The molecule has 9 aromatic carbocycles. The summed E-state index contributed by atoms with van der Waals surface area (Å²) in [6.45, 7) is 0. The van der Waals surface area contributed by atoms with Crippen molar-refractivity contribution in [3.05, 3.63) is 216 Å². The van der Waals surface area contributed by atoms with Crippen LogP contribution >= 0.6 is 0 Å². The van der Waals surface area contributed by atoms with E-state index in [9.17, 15) is 0 Å². The summed E-state index contributed by atoms with van der Waals surface area (Å²) < 4.78 is 2.42. The van der Waals surface area contributed by atoms with Gasteiger partial charge in [0.2, 0.25) is 0 Å². The largest absolute Gasteiger partial charge is 0.310 e. The molecule has 3 aliphatic carbocycles. The summed E-state index contributed by atoms with van der Waals surface area (Å²) in [5.41, 5.74) is 20.4. The predicted octanol–water partition coefficient (Wildman–Crippen LogP) is 13.7. The van der Waals surface area contributed by atoms with Crippen LogP contribution in [0.15, 0.2) is 194 Å². The Morgan fingerprint density at radius 1 is 0.364 bits per heavy atom. The summed E-state index contributed by atoms with van der Waals surface area (Å²) in [5, 5.41) is 4.94. The second kappa shape index (κ2) is 10.5. The molecule has 2 heteroatoms. The minimum Gasteiger partial charge on any atom is -0.310 e. The summed E-state index contributed by atoms with van der Waals surface area (Å²) in [6, 6.07) is 72.3. The van der Waals surface area contributed by atoms with Gasteiger partial charge in [-0.15, -0.1) is 0 Å². The molecule has 55 heavy (non-hydrogen) atoms. The minimum absolute atomic E-state index is 0.353.